The number of halogens is 1. The number of benzene rings is 2. The summed E-state index contributed by atoms with van der Waals surface area (Å²) < 4.78 is 18.9. The zero-order chi connectivity index (χ0) is 19.9. The summed E-state index contributed by atoms with van der Waals surface area (Å²) in [6.45, 7) is 0. The first-order valence-electron chi connectivity index (χ1n) is 8.40. The van der Waals surface area contributed by atoms with E-state index in [1.165, 1.54) is 36.4 Å². The largest absolute Gasteiger partial charge is 0.457 e. The molecule has 142 valence electrons. The highest BCUT2D eigenvalue weighted by molar-refractivity contribution is 5.91. The zero-order valence-electron chi connectivity index (χ0n) is 15.0. The van der Waals surface area contributed by atoms with Crippen LogP contribution in [0.3, 0.4) is 0 Å². The molecular formula is C21H18FN3O3. The first-order valence-corrected chi connectivity index (χ1v) is 8.40. The van der Waals surface area contributed by atoms with E-state index in [1.807, 2.05) is 36.2 Å². The van der Waals surface area contributed by atoms with Crippen LogP contribution in [0.4, 0.5) is 15.8 Å². The van der Waals surface area contributed by atoms with E-state index in [0.717, 1.165) is 11.4 Å². The number of hydrogen-bond donors (Lipinski definition) is 2. The second-order valence-electron chi connectivity index (χ2n) is 5.86. The van der Waals surface area contributed by atoms with E-state index in [4.69, 9.17) is 9.94 Å². The molecule has 0 aliphatic heterocycles. The Bertz CT molecular complexity index is 976. The molecule has 0 aliphatic carbocycles. The first kappa shape index (κ1) is 19.1. The quantitative estimate of drug-likeness (QED) is 0.379. The number of carbonyl (C=O) groups is 1. The number of hydrogen-bond acceptors (Lipinski definition) is 5. The van der Waals surface area contributed by atoms with E-state index in [-0.39, 0.29) is 5.82 Å². The van der Waals surface area contributed by atoms with Crippen molar-refractivity contribution in [2.75, 3.05) is 11.9 Å². The molecule has 6 nitrogen and oxygen atoms in total. The number of amides is 1. The minimum atomic E-state index is -0.668. The molecule has 0 atom stereocenters. The Morgan fingerprint density at radius 3 is 2.64 bits per heavy atom. The molecule has 1 aromatic heterocycles. The van der Waals surface area contributed by atoms with E-state index in [1.54, 1.807) is 23.9 Å². The van der Waals surface area contributed by atoms with Crippen molar-refractivity contribution in [1.82, 2.24) is 10.5 Å². The molecule has 3 aromatic rings. The minimum Gasteiger partial charge on any atom is -0.457 e. The monoisotopic (exact) mass is 379 g/mol. The van der Waals surface area contributed by atoms with Crippen LogP contribution in [0.2, 0.25) is 0 Å². The molecule has 0 spiro atoms. The molecule has 1 heterocycles. The SMILES string of the molecule is CN(c1cccnc1)c1ccc(Oc2ccc(F)cc2)c(/C=C/C(=O)NO)c1. The van der Waals surface area contributed by atoms with Gasteiger partial charge in [0, 0.05) is 30.6 Å². The van der Waals surface area contributed by atoms with E-state index >= 15 is 0 Å². The number of nitrogens with one attached hydrogen (secondary N) is 1. The molecule has 28 heavy (non-hydrogen) atoms. The Hall–Kier alpha value is -3.71. The summed E-state index contributed by atoms with van der Waals surface area (Å²) in [7, 11) is 1.89. The number of nitrogens with zero attached hydrogens (tertiary/aromatic N) is 2. The lowest BCUT2D eigenvalue weighted by Gasteiger charge is -2.20. The number of ether oxygens (including phenoxy) is 1. The van der Waals surface area contributed by atoms with Gasteiger partial charge in [0.1, 0.15) is 17.3 Å². The van der Waals surface area contributed by atoms with Gasteiger partial charge in [-0.2, -0.15) is 0 Å². The van der Waals surface area contributed by atoms with E-state index in [0.29, 0.717) is 17.1 Å². The number of carbonyl (C=O) groups excluding carboxylic acids is 1. The fourth-order valence-electron chi connectivity index (χ4n) is 2.50. The Kier molecular flexibility index (Phi) is 5.98. The van der Waals surface area contributed by atoms with Crippen LogP contribution in [0.1, 0.15) is 5.56 Å². The van der Waals surface area contributed by atoms with Crippen molar-refractivity contribution in [3.63, 3.8) is 0 Å². The molecule has 0 radical (unpaired) electrons. The van der Waals surface area contributed by atoms with Crippen LogP contribution in [0, 0.1) is 5.82 Å². The van der Waals surface area contributed by atoms with Crippen molar-refractivity contribution in [3.05, 3.63) is 84.4 Å². The molecular weight excluding hydrogens is 361 g/mol. The van der Waals surface area contributed by atoms with Gasteiger partial charge in [-0.05, 0) is 60.7 Å². The molecule has 0 fully saturated rings. The van der Waals surface area contributed by atoms with Crippen LogP contribution in [0.5, 0.6) is 11.5 Å². The Morgan fingerprint density at radius 1 is 1.18 bits per heavy atom. The highest BCUT2D eigenvalue weighted by atomic mass is 19.1. The topological polar surface area (TPSA) is 74.7 Å². The zero-order valence-corrected chi connectivity index (χ0v) is 15.0. The third kappa shape index (κ3) is 4.72. The molecule has 0 bridgehead atoms. The van der Waals surface area contributed by atoms with Crippen LogP contribution < -0.4 is 15.1 Å². The van der Waals surface area contributed by atoms with Crippen LogP contribution in [-0.2, 0) is 4.79 Å². The highest BCUT2D eigenvalue weighted by Gasteiger charge is 2.10. The van der Waals surface area contributed by atoms with E-state index in [2.05, 4.69) is 4.98 Å². The maximum Gasteiger partial charge on any atom is 0.267 e. The standard InChI is InChI=1S/C21H18FN3O3/c1-25(18-3-2-12-23-14-18)17-7-10-20(15(13-17)4-11-21(26)24-27)28-19-8-5-16(22)6-9-19/h2-14,27H,1H3,(H,24,26)/b11-4+. The van der Waals surface area contributed by atoms with Crippen LogP contribution in [0.25, 0.3) is 6.08 Å². The lowest BCUT2D eigenvalue weighted by atomic mass is 10.1. The maximum absolute atomic E-state index is 13.1. The summed E-state index contributed by atoms with van der Waals surface area (Å²) in [5.41, 5.74) is 3.87. The number of aromatic nitrogens is 1. The summed E-state index contributed by atoms with van der Waals surface area (Å²) in [6.07, 6.45) is 6.13. The van der Waals surface area contributed by atoms with E-state index < -0.39 is 5.91 Å². The maximum atomic E-state index is 13.1. The van der Waals surface area contributed by atoms with Crippen molar-refractivity contribution < 1.29 is 19.1 Å². The number of pyridine rings is 1. The summed E-state index contributed by atoms with van der Waals surface area (Å²) in [4.78, 5) is 17.4. The Balaban J connectivity index is 1.95. The Labute approximate surface area is 161 Å². The predicted molar refractivity (Wildman–Crippen MR) is 104 cm³/mol. The van der Waals surface area contributed by atoms with Crippen molar-refractivity contribution in [2.24, 2.45) is 0 Å². The molecule has 2 aromatic carbocycles. The normalized spacial score (nSPS) is 10.7. The minimum absolute atomic E-state index is 0.361. The van der Waals surface area contributed by atoms with Crippen molar-refractivity contribution in [1.29, 1.82) is 0 Å². The lowest BCUT2D eigenvalue weighted by molar-refractivity contribution is -0.124. The summed E-state index contributed by atoms with van der Waals surface area (Å²) in [5.74, 6) is -0.104. The van der Waals surface area contributed by atoms with Gasteiger partial charge in [-0.15, -0.1) is 0 Å². The molecule has 7 heteroatoms. The molecule has 0 unspecified atom stereocenters. The van der Waals surface area contributed by atoms with Crippen LogP contribution >= 0.6 is 0 Å². The van der Waals surface area contributed by atoms with Gasteiger partial charge in [-0.1, -0.05) is 0 Å². The van der Waals surface area contributed by atoms with Gasteiger partial charge in [0.05, 0.1) is 11.9 Å². The third-order valence-corrected chi connectivity index (χ3v) is 3.98. The van der Waals surface area contributed by atoms with Crippen LogP contribution in [-0.4, -0.2) is 23.1 Å². The van der Waals surface area contributed by atoms with Gasteiger partial charge in [-0.25, -0.2) is 9.87 Å². The third-order valence-electron chi connectivity index (χ3n) is 3.98. The van der Waals surface area contributed by atoms with Gasteiger partial charge in [-0.3, -0.25) is 15.0 Å². The fourth-order valence-corrected chi connectivity index (χ4v) is 2.50. The summed E-state index contributed by atoms with van der Waals surface area (Å²) in [5, 5.41) is 8.70. The Morgan fingerprint density at radius 2 is 1.96 bits per heavy atom. The number of hydroxylamine groups is 1. The van der Waals surface area contributed by atoms with Gasteiger partial charge in [0.2, 0.25) is 0 Å². The first-order chi connectivity index (χ1) is 13.6. The van der Waals surface area contributed by atoms with E-state index in [9.17, 15) is 9.18 Å². The van der Waals surface area contributed by atoms with Gasteiger partial charge in [0.25, 0.3) is 5.91 Å². The molecule has 2 N–H and O–H groups in total. The average molecular weight is 379 g/mol. The average Bonchev–Trinajstić information content (AvgIpc) is 2.74. The second-order valence-corrected chi connectivity index (χ2v) is 5.86. The van der Waals surface area contributed by atoms with Gasteiger partial charge < -0.3 is 9.64 Å². The van der Waals surface area contributed by atoms with Crippen molar-refractivity contribution in [3.8, 4) is 11.5 Å². The lowest BCUT2D eigenvalue weighted by Crippen LogP contribution is -2.14. The summed E-state index contributed by atoms with van der Waals surface area (Å²) >= 11 is 0. The van der Waals surface area contributed by atoms with Gasteiger partial charge >= 0.3 is 0 Å². The summed E-state index contributed by atoms with van der Waals surface area (Å²) in [6, 6.07) is 14.8. The molecule has 0 saturated heterocycles. The second kappa shape index (κ2) is 8.79. The molecule has 1 amide bonds. The number of rotatable bonds is 6. The van der Waals surface area contributed by atoms with Crippen molar-refractivity contribution >= 4 is 23.4 Å². The predicted octanol–water partition coefficient (Wildman–Crippen LogP) is 4.30. The van der Waals surface area contributed by atoms with Gasteiger partial charge in [0.15, 0.2) is 0 Å². The number of anilines is 2. The smallest absolute Gasteiger partial charge is 0.267 e. The van der Waals surface area contributed by atoms with Crippen LogP contribution in [0.15, 0.2) is 73.1 Å². The molecule has 0 aliphatic rings. The fraction of sp³-hybridized carbons (Fsp3) is 0.0476. The molecule has 3 rings (SSSR count). The molecule has 0 saturated carbocycles. The highest BCUT2D eigenvalue weighted by Crippen LogP contribution is 2.32. The van der Waals surface area contributed by atoms with Crippen molar-refractivity contribution in [2.45, 2.75) is 0 Å².